The first-order chi connectivity index (χ1) is 17.4. The Kier molecular flexibility index (Phi) is 9.21. The van der Waals surface area contributed by atoms with Gasteiger partial charge in [-0.2, -0.15) is 0 Å². The molecule has 4 amide bonds. The molecule has 1 aliphatic rings. The van der Waals surface area contributed by atoms with E-state index in [1.165, 1.54) is 23.1 Å². The Balaban J connectivity index is 1.80. The largest absolute Gasteiger partial charge is 0.370 e. The van der Waals surface area contributed by atoms with Crippen molar-refractivity contribution >= 4 is 57.9 Å². The van der Waals surface area contributed by atoms with E-state index >= 15 is 0 Å². The van der Waals surface area contributed by atoms with E-state index in [-0.39, 0.29) is 43.6 Å². The van der Waals surface area contributed by atoms with Crippen LogP contribution < -0.4 is 20.9 Å². The lowest BCUT2D eigenvalue weighted by Crippen LogP contribution is -2.53. The van der Waals surface area contributed by atoms with Gasteiger partial charge in [0.15, 0.2) is 0 Å². The van der Waals surface area contributed by atoms with Gasteiger partial charge in [-0.15, -0.1) is 11.3 Å². The fraction of sp³-hybridized carbons (Fsp3) is 0.417. The van der Waals surface area contributed by atoms with Gasteiger partial charge in [0.25, 0.3) is 18.2 Å². The minimum Gasteiger partial charge on any atom is -0.370 e. The molecule has 0 radical (unpaired) electrons. The second-order valence-electron chi connectivity index (χ2n) is 9.25. The van der Waals surface area contributed by atoms with Crippen LogP contribution in [0.2, 0.25) is 4.34 Å². The van der Waals surface area contributed by atoms with Crippen LogP contribution in [0.4, 0.5) is 20.2 Å². The Morgan fingerprint density at radius 2 is 1.92 bits per heavy atom. The minimum atomic E-state index is -2.96. The number of hydrogen-bond donors (Lipinski definition) is 3. The number of amides is 4. The molecule has 0 spiro atoms. The van der Waals surface area contributed by atoms with Crippen molar-refractivity contribution in [3.05, 3.63) is 45.1 Å². The molecule has 2 heterocycles. The summed E-state index contributed by atoms with van der Waals surface area (Å²) in [5.41, 5.74) is -1.29. The van der Waals surface area contributed by atoms with Crippen molar-refractivity contribution in [2.24, 2.45) is 5.41 Å². The third-order valence-corrected chi connectivity index (χ3v) is 6.62. The summed E-state index contributed by atoms with van der Waals surface area (Å²) in [7, 11) is 0. The molecule has 200 valence electrons. The second kappa shape index (κ2) is 12.0. The SMILES string of the molecule is CC(C)(C)C(=O)N[C@H](CNC(=O)c1ccc(Cl)s1)C(=O)Nc1ccc(N2CCOCC2=O)cc1C(F)F. The lowest BCUT2D eigenvalue weighted by atomic mass is 9.95. The van der Waals surface area contributed by atoms with Gasteiger partial charge in [-0.1, -0.05) is 32.4 Å². The first-order valence-electron chi connectivity index (χ1n) is 11.3. The molecule has 0 saturated carbocycles. The number of anilines is 2. The van der Waals surface area contributed by atoms with Crippen LogP contribution in [0, 0.1) is 5.41 Å². The second-order valence-corrected chi connectivity index (χ2v) is 11.0. The summed E-state index contributed by atoms with van der Waals surface area (Å²) in [5.74, 6) is -2.15. The molecule has 2 aromatic rings. The summed E-state index contributed by atoms with van der Waals surface area (Å²) in [5, 5.41) is 7.55. The van der Waals surface area contributed by atoms with E-state index in [4.69, 9.17) is 16.3 Å². The smallest absolute Gasteiger partial charge is 0.265 e. The highest BCUT2D eigenvalue weighted by molar-refractivity contribution is 7.18. The van der Waals surface area contributed by atoms with Gasteiger partial charge in [0.1, 0.15) is 12.6 Å². The van der Waals surface area contributed by atoms with Gasteiger partial charge in [0, 0.05) is 35.4 Å². The number of thiophene rings is 1. The number of rotatable bonds is 8. The number of morpholine rings is 1. The predicted molar refractivity (Wildman–Crippen MR) is 136 cm³/mol. The van der Waals surface area contributed by atoms with Crippen LogP contribution in [-0.2, 0) is 19.1 Å². The maximum Gasteiger partial charge on any atom is 0.265 e. The van der Waals surface area contributed by atoms with Crippen LogP contribution in [0.3, 0.4) is 0 Å². The number of ether oxygens (including phenoxy) is 1. The summed E-state index contributed by atoms with van der Waals surface area (Å²) in [6.07, 6.45) is -2.96. The quantitative estimate of drug-likeness (QED) is 0.459. The van der Waals surface area contributed by atoms with Crippen molar-refractivity contribution in [3.63, 3.8) is 0 Å². The molecule has 0 unspecified atom stereocenters. The molecule has 9 nitrogen and oxygen atoms in total. The van der Waals surface area contributed by atoms with E-state index in [0.29, 0.717) is 9.21 Å². The van der Waals surface area contributed by atoms with E-state index in [1.807, 2.05) is 0 Å². The average molecular weight is 557 g/mol. The summed E-state index contributed by atoms with van der Waals surface area (Å²) in [6, 6.07) is 5.64. The van der Waals surface area contributed by atoms with Crippen LogP contribution in [-0.4, -0.2) is 56.0 Å². The van der Waals surface area contributed by atoms with Crippen LogP contribution in [0.1, 0.15) is 42.4 Å². The van der Waals surface area contributed by atoms with Crippen molar-refractivity contribution in [1.82, 2.24) is 10.6 Å². The number of carbonyl (C=O) groups excluding carboxylic acids is 4. The standard InChI is InChI=1S/C24H27ClF2N4O5S/c1-24(2,3)23(35)30-16(11-28-22(34)17-6-7-18(25)37-17)21(33)29-15-5-4-13(10-14(15)20(26)27)31-8-9-36-12-19(31)32/h4-7,10,16,20H,8-9,11-12H2,1-3H3,(H,28,34)(H,29,33)(H,30,35)/t16-/m1/s1. The van der Waals surface area contributed by atoms with Crippen LogP contribution in [0.25, 0.3) is 0 Å². The van der Waals surface area contributed by atoms with Crippen molar-refractivity contribution in [2.45, 2.75) is 33.2 Å². The Labute approximate surface area is 221 Å². The van der Waals surface area contributed by atoms with Gasteiger partial charge in [-0.05, 0) is 30.3 Å². The van der Waals surface area contributed by atoms with Crippen molar-refractivity contribution in [3.8, 4) is 0 Å². The fourth-order valence-corrected chi connectivity index (χ4v) is 4.28. The molecule has 1 saturated heterocycles. The van der Waals surface area contributed by atoms with E-state index in [1.54, 1.807) is 26.8 Å². The molecule has 1 fully saturated rings. The summed E-state index contributed by atoms with van der Waals surface area (Å²) in [4.78, 5) is 51.9. The van der Waals surface area contributed by atoms with E-state index < -0.39 is 41.2 Å². The maximum atomic E-state index is 13.9. The minimum absolute atomic E-state index is 0.152. The van der Waals surface area contributed by atoms with Crippen LogP contribution >= 0.6 is 22.9 Å². The van der Waals surface area contributed by atoms with E-state index in [9.17, 15) is 28.0 Å². The van der Waals surface area contributed by atoms with Crippen molar-refractivity contribution in [1.29, 1.82) is 0 Å². The highest BCUT2D eigenvalue weighted by Gasteiger charge is 2.30. The topological polar surface area (TPSA) is 117 Å². The van der Waals surface area contributed by atoms with E-state index in [0.717, 1.165) is 17.4 Å². The fourth-order valence-electron chi connectivity index (χ4n) is 3.33. The number of hydrogen-bond acceptors (Lipinski definition) is 6. The number of benzene rings is 1. The molecule has 1 atom stereocenters. The Morgan fingerprint density at radius 1 is 1.19 bits per heavy atom. The highest BCUT2D eigenvalue weighted by Crippen LogP contribution is 2.32. The lowest BCUT2D eigenvalue weighted by Gasteiger charge is -2.28. The Hall–Kier alpha value is -3.09. The molecular weight excluding hydrogens is 530 g/mol. The normalized spacial score (nSPS) is 14.9. The molecule has 37 heavy (non-hydrogen) atoms. The molecule has 0 aliphatic carbocycles. The van der Waals surface area contributed by atoms with Gasteiger partial charge in [0.2, 0.25) is 11.8 Å². The zero-order valence-corrected chi connectivity index (χ0v) is 22.0. The van der Waals surface area contributed by atoms with Gasteiger partial charge >= 0.3 is 0 Å². The molecule has 0 bridgehead atoms. The lowest BCUT2D eigenvalue weighted by molar-refractivity contribution is -0.132. The number of halogens is 3. The molecule has 3 rings (SSSR count). The van der Waals surface area contributed by atoms with Crippen molar-refractivity contribution < 1.29 is 32.7 Å². The zero-order chi connectivity index (χ0) is 27.3. The molecule has 1 aliphatic heterocycles. The van der Waals surface area contributed by atoms with E-state index in [2.05, 4.69) is 16.0 Å². The molecule has 3 N–H and O–H groups in total. The van der Waals surface area contributed by atoms with Gasteiger partial charge in [-0.3, -0.25) is 19.2 Å². The van der Waals surface area contributed by atoms with Gasteiger partial charge < -0.3 is 25.6 Å². The highest BCUT2D eigenvalue weighted by atomic mass is 35.5. The van der Waals surface area contributed by atoms with Gasteiger partial charge in [-0.25, -0.2) is 8.78 Å². The van der Waals surface area contributed by atoms with Gasteiger partial charge in [0.05, 0.1) is 15.8 Å². The average Bonchev–Trinajstić information content (AvgIpc) is 3.27. The third kappa shape index (κ3) is 7.46. The van der Waals surface area contributed by atoms with Crippen LogP contribution in [0.15, 0.2) is 30.3 Å². The first-order valence-corrected chi connectivity index (χ1v) is 12.5. The molecule has 1 aromatic heterocycles. The Morgan fingerprint density at radius 3 is 2.51 bits per heavy atom. The number of alkyl halides is 2. The van der Waals surface area contributed by atoms with Crippen LogP contribution in [0.5, 0.6) is 0 Å². The molecule has 1 aromatic carbocycles. The summed E-state index contributed by atoms with van der Waals surface area (Å²) < 4.78 is 33.3. The Bertz CT molecular complexity index is 1180. The molecule has 13 heteroatoms. The monoisotopic (exact) mass is 556 g/mol. The summed E-state index contributed by atoms with van der Waals surface area (Å²) in [6.45, 7) is 4.96. The third-order valence-electron chi connectivity index (χ3n) is 5.39. The number of carbonyl (C=O) groups is 4. The molecular formula is C24H27ClF2N4O5S. The number of nitrogens with zero attached hydrogens (tertiary/aromatic N) is 1. The zero-order valence-electron chi connectivity index (χ0n) is 20.4. The predicted octanol–water partition coefficient (Wildman–Crippen LogP) is 3.60. The number of nitrogens with one attached hydrogen (secondary N) is 3. The first kappa shape index (κ1) is 28.5. The van der Waals surface area contributed by atoms with Crippen molar-refractivity contribution in [2.75, 3.05) is 36.5 Å². The summed E-state index contributed by atoms with van der Waals surface area (Å²) >= 11 is 6.91. The maximum absolute atomic E-state index is 13.9.